The molecule has 0 radical (unpaired) electrons. The van der Waals surface area contributed by atoms with Gasteiger partial charge in [0.15, 0.2) is 0 Å². The molecule has 3 nitrogen and oxygen atoms in total. The third-order valence-corrected chi connectivity index (χ3v) is 7.97. The summed E-state index contributed by atoms with van der Waals surface area (Å²) in [5, 5.41) is 3.21. The van der Waals surface area contributed by atoms with Gasteiger partial charge in [-0.2, -0.15) is 0 Å². The van der Waals surface area contributed by atoms with Crippen molar-refractivity contribution in [3.05, 3.63) is 0 Å². The summed E-state index contributed by atoms with van der Waals surface area (Å²) in [4.78, 5) is 0. The van der Waals surface area contributed by atoms with E-state index in [9.17, 15) is 4.57 Å². The molecule has 0 aromatic carbocycles. The normalized spacial score (nSPS) is 17.5. The van der Waals surface area contributed by atoms with Crippen LogP contribution in [0, 0.1) is 0 Å². The van der Waals surface area contributed by atoms with Crippen LogP contribution in [0.3, 0.4) is 0 Å². The van der Waals surface area contributed by atoms with Gasteiger partial charge < -0.3 is 4.67 Å². The molecule has 13 heavy (non-hydrogen) atoms. The van der Waals surface area contributed by atoms with Crippen LogP contribution in [0.2, 0.25) is 0 Å². The van der Waals surface area contributed by atoms with Gasteiger partial charge in [0.25, 0.3) is 6.65 Å². The second-order valence-corrected chi connectivity index (χ2v) is 8.21. The van der Waals surface area contributed by atoms with Crippen LogP contribution in [0.4, 0.5) is 0 Å². The fourth-order valence-electron chi connectivity index (χ4n) is 0.665. The van der Waals surface area contributed by atoms with Crippen molar-refractivity contribution in [2.75, 3.05) is 14.1 Å². The summed E-state index contributed by atoms with van der Waals surface area (Å²) in [6.07, 6.45) is 1.00. The summed E-state index contributed by atoms with van der Waals surface area (Å²) < 4.78 is 13.7. The Bertz CT molecular complexity index is 213. The van der Waals surface area contributed by atoms with Gasteiger partial charge in [-0.05, 0) is 13.5 Å². The Labute approximate surface area is 89.9 Å². The first-order chi connectivity index (χ1) is 6.00. The van der Waals surface area contributed by atoms with Gasteiger partial charge in [-0.15, -0.1) is 0 Å². The molecule has 0 aliphatic carbocycles. The number of nitrogens with one attached hydrogen (secondary N) is 1. The van der Waals surface area contributed by atoms with Gasteiger partial charge in [-0.1, -0.05) is 37.4 Å². The van der Waals surface area contributed by atoms with Crippen LogP contribution in [0.15, 0.2) is 0 Å². The van der Waals surface area contributed by atoms with Crippen molar-refractivity contribution in [3.8, 4) is 0 Å². The minimum absolute atomic E-state index is 0.371. The lowest BCUT2D eigenvalue weighted by molar-refractivity contribution is 0.552. The van der Waals surface area contributed by atoms with Gasteiger partial charge >= 0.3 is 0 Å². The second kappa shape index (κ2) is 6.02. The second-order valence-electron chi connectivity index (χ2n) is 2.75. The molecule has 6 heteroatoms. The van der Waals surface area contributed by atoms with Gasteiger partial charge in [0.05, 0.1) is 5.49 Å². The van der Waals surface area contributed by atoms with Crippen LogP contribution in [-0.2, 0) is 4.57 Å². The SMILES string of the molecule is CCC(C)SP(=O)(NC)N(C)C=S. The lowest BCUT2D eigenvalue weighted by Gasteiger charge is -2.26. The molecule has 0 aromatic heterocycles. The van der Waals surface area contributed by atoms with E-state index in [0.29, 0.717) is 5.25 Å². The van der Waals surface area contributed by atoms with Crippen LogP contribution in [0.1, 0.15) is 20.3 Å². The molecule has 0 spiro atoms. The summed E-state index contributed by atoms with van der Waals surface area (Å²) in [5.74, 6) is 0. The number of thiocarbonyl (C=S) groups is 1. The quantitative estimate of drug-likeness (QED) is 0.570. The number of hydrogen-bond acceptors (Lipinski definition) is 3. The minimum atomic E-state index is -2.52. The minimum Gasteiger partial charge on any atom is -0.303 e. The van der Waals surface area contributed by atoms with Crippen molar-refractivity contribution in [1.29, 1.82) is 0 Å². The summed E-state index contributed by atoms with van der Waals surface area (Å²) in [6.45, 7) is 1.62. The van der Waals surface area contributed by atoms with Crippen molar-refractivity contribution >= 4 is 35.7 Å². The van der Waals surface area contributed by atoms with Crippen LogP contribution in [0.25, 0.3) is 0 Å². The molecule has 2 atom stereocenters. The van der Waals surface area contributed by atoms with Gasteiger partial charge in [0, 0.05) is 12.3 Å². The molecule has 78 valence electrons. The molecule has 0 saturated carbocycles. The van der Waals surface area contributed by atoms with E-state index in [1.54, 1.807) is 18.8 Å². The largest absolute Gasteiger partial charge is 0.303 e. The zero-order chi connectivity index (χ0) is 10.5. The molecule has 0 aliphatic heterocycles. The molecule has 2 unspecified atom stereocenters. The average molecular weight is 240 g/mol. The van der Waals surface area contributed by atoms with Gasteiger partial charge in [0.2, 0.25) is 0 Å². The standard InChI is InChI=1S/C7H17N2OPS2/c1-5-7(2)13-11(10,8-3)9(4)6-12/h6-7H,5H2,1-4H3,(H,8,10). The zero-order valence-corrected chi connectivity index (χ0v) is 11.0. The van der Waals surface area contributed by atoms with E-state index in [2.05, 4.69) is 18.9 Å². The monoisotopic (exact) mass is 240 g/mol. The molecule has 0 aromatic rings. The highest BCUT2D eigenvalue weighted by molar-refractivity contribution is 8.57. The molecule has 0 saturated heterocycles. The van der Waals surface area contributed by atoms with Crippen molar-refractivity contribution in [3.63, 3.8) is 0 Å². The van der Waals surface area contributed by atoms with E-state index >= 15 is 0 Å². The summed E-state index contributed by atoms with van der Waals surface area (Å²) in [6, 6.07) is 0. The fourth-order valence-corrected chi connectivity index (χ4v) is 5.39. The number of nitrogens with zero attached hydrogens (tertiary/aromatic N) is 1. The number of hydrogen-bond donors (Lipinski definition) is 1. The molecular weight excluding hydrogens is 223 g/mol. The van der Waals surface area contributed by atoms with E-state index in [4.69, 9.17) is 12.2 Å². The highest BCUT2D eigenvalue weighted by atomic mass is 32.7. The third kappa shape index (κ3) is 3.98. The van der Waals surface area contributed by atoms with E-state index in [1.807, 2.05) is 0 Å². The predicted molar refractivity (Wildman–Crippen MR) is 65.4 cm³/mol. The van der Waals surface area contributed by atoms with E-state index < -0.39 is 6.65 Å². The van der Waals surface area contributed by atoms with Crippen LogP contribution in [-0.4, -0.2) is 29.5 Å². The smallest absolute Gasteiger partial charge is 0.292 e. The summed E-state index contributed by atoms with van der Waals surface area (Å²) in [5.41, 5.74) is 1.42. The first-order valence-corrected chi connectivity index (χ1v) is 7.77. The Morgan fingerprint density at radius 1 is 1.77 bits per heavy atom. The first-order valence-electron chi connectivity index (χ1n) is 4.16. The molecule has 0 fully saturated rings. The van der Waals surface area contributed by atoms with Crippen LogP contribution >= 0.6 is 30.2 Å². The zero-order valence-electron chi connectivity index (χ0n) is 8.48. The Balaban J connectivity index is 4.45. The highest BCUT2D eigenvalue weighted by Gasteiger charge is 2.26. The lowest BCUT2D eigenvalue weighted by Crippen LogP contribution is -2.19. The van der Waals surface area contributed by atoms with E-state index in [-0.39, 0.29) is 0 Å². The molecule has 0 amide bonds. The molecule has 1 N–H and O–H groups in total. The van der Waals surface area contributed by atoms with Gasteiger partial charge in [0.1, 0.15) is 0 Å². The maximum absolute atomic E-state index is 12.2. The topological polar surface area (TPSA) is 32.3 Å². The maximum Gasteiger partial charge on any atom is 0.292 e. The molecule has 0 rings (SSSR count). The average Bonchev–Trinajstić information content (AvgIpc) is 2.15. The van der Waals surface area contributed by atoms with Crippen LogP contribution in [0.5, 0.6) is 0 Å². The Morgan fingerprint density at radius 2 is 2.31 bits per heavy atom. The Kier molecular flexibility index (Phi) is 6.21. The molecule has 0 heterocycles. The van der Waals surface area contributed by atoms with Gasteiger partial charge in [-0.3, -0.25) is 4.57 Å². The predicted octanol–water partition coefficient (Wildman–Crippen LogP) is 2.73. The first kappa shape index (κ1) is 13.4. The highest BCUT2D eigenvalue weighted by Crippen LogP contribution is 2.58. The third-order valence-electron chi connectivity index (χ3n) is 1.75. The van der Waals surface area contributed by atoms with Crippen molar-refractivity contribution in [2.24, 2.45) is 0 Å². The Morgan fingerprint density at radius 3 is 2.62 bits per heavy atom. The molecule has 0 aliphatic rings. The maximum atomic E-state index is 12.2. The van der Waals surface area contributed by atoms with Crippen molar-refractivity contribution < 1.29 is 4.57 Å². The summed E-state index contributed by atoms with van der Waals surface area (Å²) in [7, 11) is 3.44. The molecule has 0 bridgehead atoms. The lowest BCUT2D eigenvalue weighted by atomic mass is 10.4. The Hall–Kier alpha value is 0.430. The van der Waals surface area contributed by atoms with Crippen molar-refractivity contribution in [2.45, 2.75) is 25.5 Å². The molecular formula is C7H17N2OPS2. The summed E-state index contributed by atoms with van der Waals surface area (Å²) >= 11 is 6.21. The van der Waals surface area contributed by atoms with E-state index in [1.165, 1.54) is 16.9 Å². The number of rotatable bonds is 6. The van der Waals surface area contributed by atoms with Crippen LogP contribution < -0.4 is 5.09 Å². The van der Waals surface area contributed by atoms with Gasteiger partial charge in [-0.25, -0.2) is 5.09 Å². The van der Waals surface area contributed by atoms with Crippen molar-refractivity contribution in [1.82, 2.24) is 9.76 Å². The fraction of sp³-hybridized carbons (Fsp3) is 0.857. The van der Waals surface area contributed by atoms with E-state index in [0.717, 1.165) is 6.42 Å².